The molecule has 20 heavy (non-hydrogen) atoms. The molecule has 2 amide bonds. The largest absolute Gasteiger partial charge is 0.481 e. The Balaban J connectivity index is 2.09. The fraction of sp³-hybridized carbons (Fsp3) is 0.308. The number of nitrogens with one attached hydrogen (secondary N) is 2. The summed E-state index contributed by atoms with van der Waals surface area (Å²) in [6, 6.07) is 4.52. The van der Waals surface area contributed by atoms with Crippen LogP contribution in [0.4, 0.5) is 5.69 Å². The SMILES string of the molecule is CNC(=O)c1cc(NC(=O)[C@@H]2C[C@@H]2C(=O)O)ccc1Cl. The van der Waals surface area contributed by atoms with Crippen LogP contribution in [-0.2, 0) is 9.59 Å². The lowest BCUT2D eigenvalue weighted by Gasteiger charge is -2.08. The van der Waals surface area contributed by atoms with Crippen molar-refractivity contribution in [3.05, 3.63) is 28.8 Å². The monoisotopic (exact) mass is 296 g/mol. The Bertz CT molecular complexity index is 588. The van der Waals surface area contributed by atoms with E-state index in [2.05, 4.69) is 10.6 Å². The van der Waals surface area contributed by atoms with Crippen molar-refractivity contribution < 1.29 is 19.5 Å². The molecule has 0 bridgehead atoms. The van der Waals surface area contributed by atoms with Gasteiger partial charge in [-0.2, -0.15) is 0 Å². The Labute approximate surface area is 120 Å². The molecule has 2 rings (SSSR count). The van der Waals surface area contributed by atoms with E-state index in [1.54, 1.807) is 6.07 Å². The number of hydrogen-bond acceptors (Lipinski definition) is 3. The quantitative estimate of drug-likeness (QED) is 0.781. The molecule has 1 saturated carbocycles. The highest BCUT2D eigenvalue weighted by Gasteiger charge is 2.48. The van der Waals surface area contributed by atoms with Crippen molar-refractivity contribution in [2.45, 2.75) is 6.42 Å². The van der Waals surface area contributed by atoms with Gasteiger partial charge in [0.25, 0.3) is 5.91 Å². The lowest BCUT2D eigenvalue weighted by Crippen LogP contribution is -2.20. The van der Waals surface area contributed by atoms with Crippen LogP contribution in [0.5, 0.6) is 0 Å². The summed E-state index contributed by atoms with van der Waals surface area (Å²) in [6.07, 6.45) is 0.344. The second kappa shape index (κ2) is 5.50. The summed E-state index contributed by atoms with van der Waals surface area (Å²) in [7, 11) is 1.48. The molecule has 0 heterocycles. The molecule has 106 valence electrons. The molecule has 3 N–H and O–H groups in total. The number of aliphatic carboxylic acids is 1. The number of carboxylic acid groups (broad SMARTS) is 1. The van der Waals surface area contributed by atoms with Crippen molar-refractivity contribution in [3.63, 3.8) is 0 Å². The van der Waals surface area contributed by atoms with Crippen LogP contribution in [0.2, 0.25) is 5.02 Å². The zero-order chi connectivity index (χ0) is 14.9. The lowest BCUT2D eigenvalue weighted by atomic mass is 10.1. The first-order valence-corrected chi connectivity index (χ1v) is 6.37. The summed E-state index contributed by atoms with van der Waals surface area (Å²) in [5, 5.41) is 14.1. The van der Waals surface area contributed by atoms with Crippen LogP contribution in [0.15, 0.2) is 18.2 Å². The van der Waals surface area contributed by atoms with Gasteiger partial charge in [0, 0.05) is 12.7 Å². The van der Waals surface area contributed by atoms with Gasteiger partial charge in [-0.25, -0.2) is 0 Å². The molecule has 2 atom stereocenters. The number of rotatable bonds is 4. The minimum absolute atomic E-state index is 0.248. The molecule has 0 radical (unpaired) electrons. The first-order chi connectivity index (χ1) is 9.43. The fourth-order valence-corrected chi connectivity index (χ4v) is 2.11. The maximum Gasteiger partial charge on any atom is 0.307 e. The molecule has 0 spiro atoms. The van der Waals surface area contributed by atoms with E-state index < -0.39 is 17.8 Å². The first-order valence-electron chi connectivity index (χ1n) is 5.99. The number of halogens is 1. The third-order valence-electron chi connectivity index (χ3n) is 3.15. The summed E-state index contributed by atoms with van der Waals surface area (Å²) in [4.78, 5) is 34.1. The molecular weight excluding hydrogens is 284 g/mol. The minimum Gasteiger partial charge on any atom is -0.481 e. The van der Waals surface area contributed by atoms with Crippen LogP contribution >= 0.6 is 11.6 Å². The highest BCUT2D eigenvalue weighted by atomic mass is 35.5. The third kappa shape index (κ3) is 2.91. The zero-order valence-corrected chi connectivity index (χ0v) is 11.4. The van der Waals surface area contributed by atoms with Crippen molar-refractivity contribution in [1.82, 2.24) is 5.32 Å². The van der Waals surface area contributed by atoms with Gasteiger partial charge in [0.2, 0.25) is 5.91 Å². The molecule has 0 aromatic heterocycles. The van der Waals surface area contributed by atoms with Crippen LogP contribution in [0.25, 0.3) is 0 Å². The van der Waals surface area contributed by atoms with E-state index in [4.69, 9.17) is 16.7 Å². The van der Waals surface area contributed by atoms with E-state index in [0.717, 1.165) is 0 Å². The molecule has 1 aromatic carbocycles. The number of hydrogen-bond donors (Lipinski definition) is 3. The fourth-order valence-electron chi connectivity index (χ4n) is 1.90. The summed E-state index contributed by atoms with van der Waals surface area (Å²) in [5.74, 6) is -2.80. The van der Waals surface area contributed by atoms with E-state index in [9.17, 15) is 14.4 Å². The van der Waals surface area contributed by atoms with Crippen LogP contribution in [0, 0.1) is 11.8 Å². The van der Waals surface area contributed by atoms with Gasteiger partial charge in [0.15, 0.2) is 0 Å². The molecule has 1 fully saturated rings. The Kier molecular flexibility index (Phi) is 3.94. The van der Waals surface area contributed by atoms with E-state index in [1.807, 2.05) is 0 Å². The van der Waals surface area contributed by atoms with Crippen LogP contribution in [-0.4, -0.2) is 29.9 Å². The van der Waals surface area contributed by atoms with Crippen molar-refractivity contribution in [2.24, 2.45) is 11.8 Å². The van der Waals surface area contributed by atoms with Crippen molar-refractivity contribution in [1.29, 1.82) is 0 Å². The predicted molar refractivity (Wildman–Crippen MR) is 72.7 cm³/mol. The van der Waals surface area contributed by atoms with Gasteiger partial charge in [-0.3, -0.25) is 14.4 Å². The van der Waals surface area contributed by atoms with Crippen LogP contribution in [0.1, 0.15) is 16.8 Å². The standard InChI is InChI=1S/C13H13ClN2O4/c1-15-11(17)9-4-6(2-3-10(9)14)16-12(18)7-5-8(7)13(19)20/h2-4,7-8H,5H2,1H3,(H,15,17)(H,16,18)(H,19,20)/t7-,8+/m1/s1. The molecule has 7 heteroatoms. The molecule has 0 aliphatic heterocycles. The summed E-state index contributed by atoms with van der Waals surface area (Å²) in [6.45, 7) is 0. The second-order valence-corrected chi connectivity index (χ2v) is 4.96. The molecular formula is C13H13ClN2O4. The predicted octanol–water partition coefficient (Wildman–Crippen LogP) is 1.36. The Morgan fingerprint density at radius 3 is 2.55 bits per heavy atom. The molecule has 1 aliphatic carbocycles. The van der Waals surface area contributed by atoms with Gasteiger partial charge in [-0.05, 0) is 24.6 Å². The summed E-state index contributed by atoms with van der Waals surface area (Å²) < 4.78 is 0. The summed E-state index contributed by atoms with van der Waals surface area (Å²) in [5.41, 5.74) is 0.659. The minimum atomic E-state index is -0.965. The molecule has 0 saturated heterocycles. The number of carboxylic acids is 1. The van der Waals surface area contributed by atoms with Crippen molar-refractivity contribution in [2.75, 3.05) is 12.4 Å². The number of benzene rings is 1. The third-order valence-corrected chi connectivity index (χ3v) is 3.48. The number of carbonyl (C=O) groups is 3. The van der Waals surface area contributed by atoms with E-state index in [-0.39, 0.29) is 22.4 Å². The maximum absolute atomic E-state index is 11.8. The highest BCUT2D eigenvalue weighted by Crippen LogP contribution is 2.39. The van der Waals surface area contributed by atoms with Gasteiger partial charge < -0.3 is 15.7 Å². The highest BCUT2D eigenvalue weighted by molar-refractivity contribution is 6.34. The second-order valence-electron chi connectivity index (χ2n) is 4.55. The van der Waals surface area contributed by atoms with Crippen molar-refractivity contribution in [3.8, 4) is 0 Å². The summed E-state index contributed by atoms with van der Waals surface area (Å²) >= 11 is 5.89. The number of amides is 2. The van der Waals surface area contributed by atoms with Gasteiger partial charge >= 0.3 is 5.97 Å². The molecule has 0 unspecified atom stereocenters. The average molecular weight is 297 g/mol. The maximum atomic E-state index is 11.8. The zero-order valence-electron chi connectivity index (χ0n) is 10.6. The Morgan fingerprint density at radius 2 is 2.00 bits per heavy atom. The number of carbonyl (C=O) groups excluding carboxylic acids is 2. The van der Waals surface area contributed by atoms with Crippen LogP contribution in [0.3, 0.4) is 0 Å². The van der Waals surface area contributed by atoms with E-state index >= 15 is 0 Å². The average Bonchev–Trinajstić information content (AvgIpc) is 3.20. The normalized spacial score (nSPS) is 20.1. The molecule has 1 aromatic rings. The smallest absolute Gasteiger partial charge is 0.307 e. The lowest BCUT2D eigenvalue weighted by molar-refractivity contribution is -0.139. The molecule has 1 aliphatic rings. The van der Waals surface area contributed by atoms with Gasteiger partial charge in [-0.1, -0.05) is 11.6 Å². The van der Waals surface area contributed by atoms with Crippen LogP contribution < -0.4 is 10.6 Å². The number of anilines is 1. The molecule has 6 nitrogen and oxygen atoms in total. The first kappa shape index (κ1) is 14.3. The van der Waals surface area contributed by atoms with E-state index in [1.165, 1.54) is 19.2 Å². The van der Waals surface area contributed by atoms with Crippen molar-refractivity contribution >= 4 is 35.1 Å². The van der Waals surface area contributed by atoms with Gasteiger partial charge in [-0.15, -0.1) is 0 Å². The topological polar surface area (TPSA) is 95.5 Å². The Morgan fingerprint density at radius 1 is 1.30 bits per heavy atom. The van der Waals surface area contributed by atoms with E-state index in [0.29, 0.717) is 12.1 Å². The Hall–Kier alpha value is -2.08. The van der Waals surface area contributed by atoms with Gasteiger partial charge in [0.05, 0.1) is 22.4 Å². The van der Waals surface area contributed by atoms with Gasteiger partial charge in [0.1, 0.15) is 0 Å².